The fourth-order valence-electron chi connectivity index (χ4n) is 1.16. The van der Waals surface area contributed by atoms with Crippen LogP contribution in [0.15, 0.2) is 12.2 Å². The standard InChI is InChI=1S/C14H25NO5/c1-11(2)13(16)19-10-7-15-14(17)20-9-6-5-8-18-12(3)4/h12H,1,5-10H2,2-4H3,(H,15,17). The third kappa shape index (κ3) is 11.5. The van der Waals surface area contributed by atoms with Crippen LogP contribution in [0.25, 0.3) is 0 Å². The molecule has 1 amide bonds. The van der Waals surface area contributed by atoms with Crippen molar-refractivity contribution in [2.45, 2.75) is 39.7 Å². The number of esters is 1. The fourth-order valence-corrected chi connectivity index (χ4v) is 1.16. The molecule has 0 radical (unpaired) electrons. The number of hydrogen-bond donors (Lipinski definition) is 1. The molecule has 0 aromatic heterocycles. The maximum atomic E-state index is 11.2. The number of amides is 1. The summed E-state index contributed by atoms with van der Waals surface area (Å²) in [5.41, 5.74) is 0.330. The Morgan fingerprint density at radius 3 is 2.35 bits per heavy atom. The SMILES string of the molecule is C=C(C)C(=O)OCCNC(=O)OCCCCOC(C)C. The van der Waals surface area contributed by atoms with Gasteiger partial charge < -0.3 is 19.5 Å². The second-order valence-electron chi connectivity index (χ2n) is 4.61. The van der Waals surface area contributed by atoms with E-state index >= 15 is 0 Å². The zero-order valence-corrected chi connectivity index (χ0v) is 12.6. The summed E-state index contributed by atoms with van der Waals surface area (Å²) < 4.78 is 15.1. The van der Waals surface area contributed by atoms with E-state index in [2.05, 4.69) is 11.9 Å². The first-order valence-electron chi connectivity index (χ1n) is 6.78. The minimum atomic E-state index is -0.513. The number of alkyl carbamates (subject to hydrolysis) is 1. The van der Waals surface area contributed by atoms with E-state index in [1.165, 1.54) is 0 Å². The molecule has 0 fully saturated rings. The van der Waals surface area contributed by atoms with Gasteiger partial charge in [-0.25, -0.2) is 9.59 Å². The van der Waals surface area contributed by atoms with Crippen LogP contribution in [0, 0.1) is 0 Å². The number of hydrogen-bond acceptors (Lipinski definition) is 5. The lowest BCUT2D eigenvalue weighted by atomic mass is 10.3. The molecule has 0 bridgehead atoms. The van der Waals surface area contributed by atoms with E-state index < -0.39 is 12.1 Å². The second-order valence-corrected chi connectivity index (χ2v) is 4.61. The van der Waals surface area contributed by atoms with Crippen LogP contribution in [0.2, 0.25) is 0 Å². The summed E-state index contributed by atoms with van der Waals surface area (Å²) in [5.74, 6) is -0.467. The van der Waals surface area contributed by atoms with Gasteiger partial charge in [0.25, 0.3) is 0 Å². The Morgan fingerprint density at radius 2 is 1.75 bits per heavy atom. The highest BCUT2D eigenvalue weighted by Gasteiger charge is 2.04. The molecule has 0 heterocycles. The molecule has 6 nitrogen and oxygen atoms in total. The molecule has 116 valence electrons. The maximum absolute atomic E-state index is 11.2. The number of ether oxygens (including phenoxy) is 3. The lowest BCUT2D eigenvalue weighted by Crippen LogP contribution is -2.29. The van der Waals surface area contributed by atoms with E-state index in [1.807, 2.05) is 13.8 Å². The molecule has 0 aliphatic heterocycles. The van der Waals surface area contributed by atoms with Gasteiger partial charge in [0.05, 0.1) is 19.3 Å². The molecular formula is C14H25NO5. The molecule has 0 saturated heterocycles. The van der Waals surface area contributed by atoms with Gasteiger partial charge in [0.2, 0.25) is 0 Å². The number of unbranched alkanes of at least 4 members (excludes halogenated alkanes) is 1. The van der Waals surface area contributed by atoms with Crippen molar-refractivity contribution in [3.63, 3.8) is 0 Å². The van der Waals surface area contributed by atoms with Crippen LogP contribution in [0.4, 0.5) is 4.79 Å². The summed E-state index contributed by atoms with van der Waals surface area (Å²) in [5, 5.41) is 2.49. The highest BCUT2D eigenvalue weighted by atomic mass is 16.6. The van der Waals surface area contributed by atoms with Crippen LogP contribution in [0.1, 0.15) is 33.6 Å². The van der Waals surface area contributed by atoms with Crippen molar-refractivity contribution in [1.82, 2.24) is 5.32 Å². The Hall–Kier alpha value is -1.56. The quantitative estimate of drug-likeness (QED) is 0.378. The summed E-state index contributed by atoms with van der Waals surface area (Å²) in [4.78, 5) is 22.3. The fraction of sp³-hybridized carbons (Fsp3) is 0.714. The van der Waals surface area contributed by atoms with Crippen molar-refractivity contribution in [1.29, 1.82) is 0 Å². The van der Waals surface area contributed by atoms with Gasteiger partial charge in [-0.1, -0.05) is 6.58 Å². The first kappa shape index (κ1) is 18.4. The summed E-state index contributed by atoms with van der Waals surface area (Å²) in [6.07, 6.45) is 1.31. The molecule has 0 saturated carbocycles. The van der Waals surface area contributed by atoms with Crippen LogP contribution < -0.4 is 5.32 Å². The lowest BCUT2D eigenvalue weighted by Gasteiger charge is -2.09. The minimum absolute atomic E-state index is 0.100. The molecule has 0 atom stereocenters. The molecule has 1 N–H and O–H groups in total. The molecule has 20 heavy (non-hydrogen) atoms. The van der Waals surface area contributed by atoms with Gasteiger partial charge in [-0.05, 0) is 33.6 Å². The van der Waals surface area contributed by atoms with Crippen LogP contribution in [0.3, 0.4) is 0 Å². The Bertz CT molecular complexity index is 315. The van der Waals surface area contributed by atoms with E-state index in [-0.39, 0.29) is 19.3 Å². The van der Waals surface area contributed by atoms with Crippen LogP contribution in [0.5, 0.6) is 0 Å². The van der Waals surface area contributed by atoms with Crippen molar-refractivity contribution in [3.8, 4) is 0 Å². The predicted molar refractivity (Wildman–Crippen MR) is 75.4 cm³/mol. The van der Waals surface area contributed by atoms with Crippen LogP contribution >= 0.6 is 0 Å². The molecule has 0 rings (SSSR count). The Balaban J connectivity index is 3.37. The molecule has 0 aliphatic carbocycles. The van der Waals surface area contributed by atoms with Crippen molar-refractivity contribution < 1.29 is 23.8 Å². The molecule has 0 aliphatic rings. The zero-order chi connectivity index (χ0) is 15.4. The van der Waals surface area contributed by atoms with Gasteiger partial charge in [-0.15, -0.1) is 0 Å². The van der Waals surface area contributed by atoms with E-state index in [1.54, 1.807) is 6.92 Å². The predicted octanol–water partition coefficient (Wildman–Crippen LogP) is 2.04. The molecule has 0 aromatic rings. The van der Waals surface area contributed by atoms with Crippen molar-refractivity contribution in [2.24, 2.45) is 0 Å². The minimum Gasteiger partial charge on any atom is -0.460 e. The molecule has 6 heteroatoms. The van der Waals surface area contributed by atoms with Crippen LogP contribution in [-0.2, 0) is 19.0 Å². The molecular weight excluding hydrogens is 262 g/mol. The Morgan fingerprint density at radius 1 is 1.10 bits per heavy atom. The normalized spacial score (nSPS) is 10.2. The van der Waals surface area contributed by atoms with Gasteiger partial charge in [0.1, 0.15) is 6.61 Å². The number of carbonyl (C=O) groups excluding carboxylic acids is 2. The van der Waals surface area contributed by atoms with E-state index in [9.17, 15) is 9.59 Å². The number of carbonyl (C=O) groups is 2. The average Bonchev–Trinajstić information content (AvgIpc) is 2.37. The van der Waals surface area contributed by atoms with Gasteiger partial charge >= 0.3 is 12.1 Å². The summed E-state index contributed by atoms with van der Waals surface area (Å²) in [6, 6.07) is 0. The summed E-state index contributed by atoms with van der Waals surface area (Å²) in [7, 11) is 0. The molecule has 0 spiro atoms. The molecule has 0 unspecified atom stereocenters. The highest BCUT2D eigenvalue weighted by Crippen LogP contribution is 1.95. The first-order chi connectivity index (χ1) is 9.43. The van der Waals surface area contributed by atoms with E-state index in [0.717, 1.165) is 12.8 Å². The second kappa shape index (κ2) is 11.3. The van der Waals surface area contributed by atoms with Crippen LogP contribution in [-0.4, -0.2) is 44.5 Å². The van der Waals surface area contributed by atoms with Crippen molar-refractivity contribution >= 4 is 12.1 Å². The van der Waals surface area contributed by atoms with Gasteiger partial charge in [-0.3, -0.25) is 0 Å². The Labute approximate surface area is 120 Å². The number of nitrogens with one attached hydrogen (secondary N) is 1. The monoisotopic (exact) mass is 287 g/mol. The summed E-state index contributed by atoms with van der Waals surface area (Å²) in [6.45, 7) is 10.3. The highest BCUT2D eigenvalue weighted by molar-refractivity contribution is 5.86. The lowest BCUT2D eigenvalue weighted by molar-refractivity contribution is -0.138. The first-order valence-corrected chi connectivity index (χ1v) is 6.78. The smallest absolute Gasteiger partial charge is 0.407 e. The van der Waals surface area contributed by atoms with Gasteiger partial charge in [-0.2, -0.15) is 0 Å². The third-order valence-electron chi connectivity index (χ3n) is 2.18. The topological polar surface area (TPSA) is 73.9 Å². The maximum Gasteiger partial charge on any atom is 0.407 e. The summed E-state index contributed by atoms with van der Waals surface area (Å²) >= 11 is 0. The van der Waals surface area contributed by atoms with Gasteiger partial charge in [0.15, 0.2) is 0 Å². The van der Waals surface area contributed by atoms with Gasteiger partial charge in [0, 0.05) is 12.2 Å². The zero-order valence-electron chi connectivity index (χ0n) is 12.6. The molecule has 0 aromatic carbocycles. The third-order valence-corrected chi connectivity index (χ3v) is 2.18. The average molecular weight is 287 g/mol. The van der Waals surface area contributed by atoms with E-state index in [0.29, 0.717) is 18.8 Å². The van der Waals surface area contributed by atoms with Crippen molar-refractivity contribution in [2.75, 3.05) is 26.4 Å². The van der Waals surface area contributed by atoms with Crippen molar-refractivity contribution in [3.05, 3.63) is 12.2 Å². The van der Waals surface area contributed by atoms with E-state index in [4.69, 9.17) is 14.2 Å². The number of rotatable bonds is 10. The Kier molecular flexibility index (Phi) is 10.4. The largest absolute Gasteiger partial charge is 0.460 e.